The molecule has 1 saturated heterocycles. The number of carbonyl (C=O) groups excluding carboxylic acids is 2. The van der Waals surface area contributed by atoms with Crippen LogP contribution in [0.25, 0.3) is 0 Å². The van der Waals surface area contributed by atoms with Crippen LogP contribution in [0.5, 0.6) is 0 Å². The zero-order valence-electron chi connectivity index (χ0n) is 35.9. The van der Waals surface area contributed by atoms with E-state index < -0.39 is 0 Å². The van der Waals surface area contributed by atoms with Gasteiger partial charge in [0.05, 0.1) is 13.2 Å². The molecule has 1 heterocycles. The minimum Gasteiger partial charge on any atom is -0.466 e. The summed E-state index contributed by atoms with van der Waals surface area (Å²) in [5.41, 5.74) is 0.126. The fourth-order valence-corrected chi connectivity index (χ4v) is 8.60. The second-order valence-electron chi connectivity index (χ2n) is 16.8. The quantitative estimate of drug-likeness (QED) is 0.0498. The van der Waals surface area contributed by atoms with Gasteiger partial charge in [-0.3, -0.25) is 14.5 Å². The van der Waals surface area contributed by atoms with E-state index in [-0.39, 0.29) is 30.2 Å². The van der Waals surface area contributed by atoms with Crippen molar-refractivity contribution in [3.8, 4) is 0 Å². The van der Waals surface area contributed by atoms with Gasteiger partial charge in [0, 0.05) is 24.9 Å². The molecule has 0 aromatic rings. The lowest BCUT2D eigenvalue weighted by molar-refractivity contribution is -0.150. The summed E-state index contributed by atoms with van der Waals surface area (Å²) in [6, 6.07) is 0. The van der Waals surface area contributed by atoms with Gasteiger partial charge >= 0.3 is 11.9 Å². The molecule has 0 amide bonds. The first kappa shape index (κ1) is 49.9. The molecule has 1 fully saturated rings. The molecular weight excluding hydrogens is 659 g/mol. The van der Waals surface area contributed by atoms with E-state index >= 15 is 0 Å². The Balaban J connectivity index is 2.38. The molecule has 0 spiro atoms. The number of rotatable bonds is 39. The third kappa shape index (κ3) is 28.0. The highest BCUT2D eigenvalue weighted by molar-refractivity contribution is 5.69. The molecule has 0 aromatic heterocycles. The number of esters is 2. The number of β-amino-alcohol motifs (C(OH)–C–C–N with tert-alkyl or cyclic N) is 1. The largest absolute Gasteiger partial charge is 0.466 e. The number of ether oxygens (including phenoxy) is 2. The number of piperidine rings is 1. The van der Waals surface area contributed by atoms with Crippen LogP contribution in [-0.4, -0.2) is 59.9 Å². The topological polar surface area (TPSA) is 76.1 Å². The van der Waals surface area contributed by atoms with Gasteiger partial charge in [-0.2, -0.15) is 0 Å². The van der Waals surface area contributed by atoms with Crippen LogP contribution in [0.1, 0.15) is 252 Å². The van der Waals surface area contributed by atoms with Crippen LogP contribution in [0, 0.1) is 0 Å². The average Bonchev–Trinajstić information content (AvgIpc) is 3.16. The summed E-state index contributed by atoms with van der Waals surface area (Å²) in [5, 5.41) is 9.88. The second-order valence-corrected chi connectivity index (χ2v) is 16.8. The van der Waals surface area contributed by atoms with Gasteiger partial charge in [-0.05, 0) is 77.2 Å². The minimum atomic E-state index is -0.0378. The maximum absolute atomic E-state index is 12.9. The lowest BCUT2D eigenvalue weighted by Crippen LogP contribution is -2.52. The van der Waals surface area contributed by atoms with E-state index in [9.17, 15) is 14.7 Å². The van der Waals surface area contributed by atoms with Crippen LogP contribution in [0.3, 0.4) is 0 Å². The predicted molar refractivity (Wildman–Crippen MR) is 225 cm³/mol. The average molecular weight is 750 g/mol. The molecule has 0 bridgehead atoms. The maximum Gasteiger partial charge on any atom is 0.306 e. The van der Waals surface area contributed by atoms with Crippen molar-refractivity contribution in [1.82, 2.24) is 4.90 Å². The molecule has 314 valence electrons. The number of likely N-dealkylation sites (tertiary alicyclic amines) is 1. The van der Waals surface area contributed by atoms with Crippen molar-refractivity contribution in [3.63, 3.8) is 0 Å². The van der Waals surface area contributed by atoms with Gasteiger partial charge in [-0.1, -0.05) is 168 Å². The Morgan fingerprint density at radius 1 is 0.566 bits per heavy atom. The van der Waals surface area contributed by atoms with E-state index in [1.54, 1.807) is 0 Å². The van der Waals surface area contributed by atoms with Crippen molar-refractivity contribution < 1.29 is 24.2 Å². The number of hydrogen-bond donors (Lipinski definition) is 1. The van der Waals surface area contributed by atoms with Crippen LogP contribution >= 0.6 is 0 Å². The monoisotopic (exact) mass is 750 g/mol. The molecule has 0 aliphatic carbocycles. The molecule has 1 N–H and O–H groups in total. The van der Waals surface area contributed by atoms with E-state index in [2.05, 4.69) is 25.7 Å². The highest BCUT2D eigenvalue weighted by atomic mass is 16.5. The van der Waals surface area contributed by atoms with Crippen molar-refractivity contribution in [2.75, 3.05) is 26.3 Å². The van der Waals surface area contributed by atoms with E-state index in [0.717, 1.165) is 90.1 Å². The Morgan fingerprint density at radius 2 is 1.02 bits per heavy atom. The standard InChI is InChI=1S/C47H91NO5/c1-4-7-10-13-16-17-18-23-32-43-52-45(50)35-27-29-38-47(39-30-31-40-48(47)41-42-49)37-28-22-21-26-36-46(51)53-44(33-24-19-14-11-8-5-2)34-25-20-15-12-9-6-3/h44,49H,4-43H2,1-3H3. The molecule has 1 atom stereocenters. The van der Waals surface area contributed by atoms with Crippen molar-refractivity contribution in [3.05, 3.63) is 0 Å². The fourth-order valence-electron chi connectivity index (χ4n) is 8.60. The highest BCUT2D eigenvalue weighted by Crippen LogP contribution is 2.37. The molecular formula is C47H91NO5. The summed E-state index contributed by atoms with van der Waals surface area (Å²) >= 11 is 0. The summed E-state index contributed by atoms with van der Waals surface area (Å²) in [5.74, 6) is -0.0272. The summed E-state index contributed by atoms with van der Waals surface area (Å²) in [7, 11) is 0. The Bertz CT molecular complexity index is 803. The first-order valence-corrected chi connectivity index (χ1v) is 23.7. The number of nitrogens with zero attached hydrogens (tertiary/aromatic N) is 1. The van der Waals surface area contributed by atoms with Crippen molar-refractivity contribution in [2.24, 2.45) is 0 Å². The molecule has 1 rings (SSSR count). The van der Waals surface area contributed by atoms with Crippen molar-refractivity contribution in [1.29, 1.82) is 0 Å². The Hall–Kier alpha value is -1.14. The molecule has 0 radical (unpaired) electrons. The summed E-state index contributed by atoms with van der Waals surface area (Å²) in [6.07, 6.45) is 42.0. The lowest BCUT2D eigenvalue weighted by Gasteiger charge is -2.48. The van der Waals surface area contributed by atoms with E-state index in [4.69, 9.17) is 9.47 Å². The molecule has 1 unspecified atom stereocenters. The number of aliphatic hydroxyl groups is 1. The molecule has 53 heavy (non-hydrogen) atoms. The molecule has 6 nitrogen and oxygen atoms in total. The van der Waals surface area contributed by atoms with E-state index in [1.165, 1.54) is 141 Å². The highest BCUT2D eigenvalue weighted by Gasteiger charge is 2.37. The Morgan fingerprint density at radius 3 is 1.58 bits per heavy atom. The van der Waals surface area contributed by atoms with E-state index in [0.29, 0.717) is 19.4 Å². The van der Waals surface area contributed by atoms with Gasteiger partial charge in [0.25, 0.3) is 0 Å². The number of carbonyl (C=O) groups is 2. The Kier molecular flexibility index (Phi) is 34.3. The van der Waals surface area contributed by atoms with Crippen LogP contribution in [0.15, 0.2) is 0 Å². The predicted octanol–water partition coefficient (Wildman–Crippen LogP) is 13.6. The summed E-state index contributed by atoms with van der Waals surface area (Å²) in [6.45, 7) is 9.36. The van der Waals surface area contributed by atoms with Gasteiger partial charge in [0.2, 0.25) is 0 Å². The molecule has 6 heteroatoms. The normalized spacial score (nSPS) is 16.4. The number of hydrogen-bond acceptors (Lipinski definition) is 6. The Labute approximate surface area is 330 Å². The van der Waals surface area contributed by atoms with Gasteiger partial charge in [0.15, 0.2) is 0 Å². The van der Waals surface area contributed by atoms with Gasteiger partial charge in [-0.25, -0.2) is 0 Å². The van der Waals surface area contributed by atoms with Crippen LogP contribution in [0.2, 0.25) is 0 Å². The maximum atomic E-state index is 12.9. The van der Waals surface area contributed by atoms with E-state index in [1.807, 2.05) is 0 Å². The number of aliphatic hydroxyl groups excluding tert-OH is 1. The zero-order chi connectivity index (χ0) is 38.5. The summed E-state index contributed by atoms with van der Waals surface area (Å²) < 4.78 is 11.7. The minimum absolute atomic E-state index is 0.0107. The van der Waals surface area contributed by atoms with Gasteiger partial charge in [-0.15, -0.1) is 0 Å². The molecule has 0 saturated carbocycles. The lowest BCUT2D eigenvalue weighted by atomic mass is 9.78. The summed E-state index contributed by atoms with van der Waals surface area (Å²) in [4.78, 5) is 27.9. The van der Waals surface area contributed by atoms with Crippen LogP contribution < -0.4 is 0 Å². The van der Waals surface area contributed by atoms with Gasteiger partial charge in [0.1, 0.15) is 6.10 Å². The third-order valence-electron chi connectivity index (χ3n) is 12.0. The smallest absolute Gasteiger partial charge is 0.306 e. The fraction of sp³-hybridized carbons (Fsp3) is 0.957. The first-order valence-electron chi connectivity index (χ1n) is 23.7. The van der Waals surface area contributed by atoms with Crippen LogP contribution in [-0.2, 0) is 19.1 Å². The van der Waals surface area contributed by atoms with Crippen molar-refractivity contribution >= 4 is 11.9 Å². The van der Waals surface area contributed by atoms with Gasteiger partial charge < -0.3 is 14.6 Å². The SMILES string of the molecule is CCCCCCCCCCCOC(=O)CCCCC1(CCCCCCC(=O)OC(CCCCCCCC)CCCCCCCC)CCCCN1CCO. The van der Waals surface area contributed by atoms with Crippen LogP contribution in [0.4, 0.5) is 0 Å². The first-order chi connectivity index (χ1) is 26.0. The third-order valence-corrected chi connectivity index (χ3v) is 12.0. The molecule has 0 aromatic carbocycles. The number of unbranched alkanes of at least 4 members (excludes halogenated alkanes) is 22. The second kappa shape index (κ2) is 36.5. The zero-order valence-corrected chi connectivity index (χ0v) is 35.9. The molecule has 1 aliphatic heterocycles. The molecule has 1 aliphatic rings. The van der Waals surface area contributed by atoms with Crippen molar-refractivity contribution in [2.45, 2.75) is 264 Å².